The Hall–Kier alpha value is -1.35. The van der Waals surface area contributed by atoms with E-state index in [1.165, 1.54) is 22.4 Å². The molecular formula is C16H22N2O. The lowest BCUT2D eigenvalue weighted by atomic mass is 9.86. The summed E-state index contributed by atoms with van der Waals surface area (Å²) >= 11 is 0. The third kappa shape index (κ3) is 2.16. The number of aryl methyl sites for hydroxylation is 2. The molecule has 3 heteroatoms. The Balaban J connectivity index is 2.04. The minimum Gasteiger partial charge on any atom is -0.330 e. The van der Waals surface area contributed by atoms with Crippen LogP contribution in [0.5, 0.6) is 0 Å². The van der Waals surface area contributed by atoms with Crippen LogP contribution >= 0.6 is 0 Å². The molecule has 0 radical (unpaired) electrons. The van der Waals surface area contributed by atoms with Crippen molar-refractivity contribution in [3.05, 3.63) is 28.8 Å². The van der Waals surface area contributed by atoms with Gasteiger partial charge in [-0.05, 0) is 54.8 Å². The first-order valence-corrected chi connectivity index (χ1v) is 7.37. The number of hydrogen-bond acceptors (Lipinski definition) is 2. The highest BCUT2D eigenvalue weighted by Crippen LogP contribution is 2.38. The molecule has 2 aliphatic heterocycles. The molecule has 19 heavy (non-hydrogen) atoms. The van der Waals surface area contributed by atoms with E-state index < -0.39 is 0 Å². The second-order valence-electron chi connectivity index (χ2n) is 5.82. The number of anilines is 1. The van der Waals surface area contributed by atoms with Crippen LogP contribution in [0, 0.1) is 0 Å². The van der Waals surface area contributed by atoms with E-state index in [0.29, 0.717) is 18.2 Å². The van der Waals surface area contributed by atoms with Gasteiger partial charge in [0.2, 0.25) is 5.91 Å². The fourth-order valence-corrected chi connectivity index (χ4v) is 3.38. The van der Waals surface area contributed by atoms with Crippen molar-refractivity contribution in [3.63, 3.8) is 0 Å². The van der Waals surface area contributed by atoms with Crippen molar-refractivity contribution >= 4 is 11.6 Å². The van der Waals surface area contributed by atoms with Gasteiger partial charge in [0, 0.05) is 13.0 Å². The number of nitrogens with two attached hydrogens (primary N) is 1. The Morgan fingerprint density at radius 1 is 1.26 bits per heavy atom. The van der Waals surface area contributed by atoms with E-state index in [9.17, 15) is 4.79 Å². The van der Waals surface area contributed by atoms with Crippen molar-refractivity contribution in [2.45, 2.75) is 44.9 Å². The van der Waals surface area contributed by atoms with Crippen molar-refractivity contribution in [1.29, 1.82) is 0 Å². The van der Waals surface area contributed by atoms with Gasteiger partial charge < -0.3 is 10.6 Å². The number of rotatable bonds is 3. The van der Waals surface area contributed by atoms with Gasteiger partial charge in [-0.15, -0.1) is 0 Å². The Labute approximate surface area is 114 Å². The van der Waals surface area contributed by atoms with Crippen molar-refractivity contribution in [3.8, 4) is 0 Å². The normalized spacial score (nSPS) is 19.3. The molecule has 0 fully saturated rings. The van der Waals surface area contributed by atoms with Gasteiger partial charge in [0.1, 0.15) is 0 Å². The lowest BCUT2D eigenvalue weighted by Gasteiger charge is -2.36. The molecule has 1 atom stereocenters. The van der Waals surface area contributed by atoms with E-state index in [4.69, 9.17) is 5.73 Å². The summed E-state index contributed by atoms with van der Waals surface area (Å²) < 4.78 is 0. The molecule has 0 aromatic heterocycles. The number of carbonyl (C=O) groups excluding carboxylic acids is 1. The quantitative estimate of drug-likeness (QED) is 0.904. The van der Waals surface area contributed by atoms with Gasteiger partial charge in [-0.2, -0.15) is 0 Å². The fourth-order valence-electron chi connectivity index (χ4n) is 3.38. The second-order valence-corrected chi connectivity index (χ2v) is 5.82. The molecule has 102 valence electrons. The monoisotopic (exact) mass is 258 g/mol. The van der Waals surface area contributed by atoms with Crippen LogP contribution in [0.1, 0.15) is 48.8 Å². The fraction of sp³-hybridized carbons (Fsp3) is 0.562. The molecule has 1 unspecified atom stereocenters. The van der Waals surface area contributed by atoms with Crippen molar-refractivity contribution in [1.82, 2.24) is 0 Å². The largest absolute Gasteiger partial charge is 0.330 e. The van der Waals surface area contributed by atoms with Crippen molar-refractivity contribution in [2.24, 2.45) is 5.73 Å². The van der Waals surface area contributed by atoms with Gasteiger partial charge in [0.05, 0.1) is 5.69 Å². The molecule has 3 rings (SSSR count). The minimum absolute atomic E-state index is 0.302. The van der Waals surface area contributed by atoms with Crippen LogP contribution < -0.4 is 10.6 Å². The smallest absolute Gasteiger partial charge is 0.227 e. The highest BCUT2D eigenvalue weighted by atomic mass is 16.2. The second kappa shape index (κ2) is 4.97. The molecule has 2 aliphatic rings. The van der Waals surface area contributed by atoms with Gasteiger partial charge in [-0.3, -0.25) is 4.79 Å². The third-order valence-electron chi connectivity index (χ3n) is 4.47. The predicted molar refractivity (Wildman–Crippen MR) is 77.5 cm³/mol. The molecule has 0 aliphatic carbocycles. The van der Waals surface area contributed by atoms with E-state index in [1.54, 1.807) is 0 Å². The average molecular weight is 258 g/mol. The van der Waals surface area contributed by atoms with Crippen LogP contribution in [0.15, 0.2) is 12.1 Å². The van der Waals surface area contributed by atoms with E-state index in [0.717, 1.165) is 38.8 Å². The summed E-state index contributed by atoms with van der Waals surface area (Å²) in [5.41, 5.74) is 11.0. The predicted octanol–water partition coefficient (Wildman–Crippen LogP) is 2.36. The number of amides is 1. The zero-order chi connectivity index (χ0) is 13.4. The highest BCUT2D eigenvalue weighted by molar-refractivity contribution is 5.97. The van der Waals surface area contributed by atoms with Crippen LogP contribution in [-0.4, -0.2) is 19.0 Å². The summed E-state index contributed by atoms with van der Waals surface area (Å²) in [6, 6.07) is 4.62. The number of benzene rings is 1. The number of nitrogens with zero attached hydrogens (tertiary/aromatic N) is 1. The van der Waals surface area contributed by atoms with E-state index >= 15 is 0 Å². The molecule has 2 N–H and O–H groups in total. The van der Waals surface area contributed by atoms with Gasteiger partial charge >= 0.3 is 0 Å². The molecule has 0 bridgehead atoms. The molecule has 1 aromatic carbocycles. The number of carbonyl (C=O) groups is 1. The minimum atomic E-state index is 0.302. The van der Waals surface area contributed by atoms with Crippen molar-refractivity contribution < 1.29 is 4.79 Å². The van der Waals surface area contributed by atoms with Gasteiger partial charge in [-0.25, -0.2) is 0 Å². The van der Waals surface area contributed by atoms with Gasteiger partial charge in [-0.1, -0.05) is 19.1 Å². The standard InChI is InChI=1S/C16H22N2O/c1-11(6-7-17)14-9-12-3-2-8-18-15(19)5-4-13(10-14)16(12)18/h9-11H,2-8,17H2,1H3. The Bertz CT molecular complexity index is 492. The van der Waals surface area contributed by atoms with E-state index in [-0.39, 0.29) is 0 Å². The summed E-state index contributed by atoms with van der Waals surface area (Å²) in [5.74, 6) is 0.816. The molecule has 0 spiro atoms. The first-order valence-electron chi connectivity index (χ1n) is 7.37. The Morgan fingerprint density at radius 2 is 2.00 bits per heavy atom. The molecule has 0 saturated heterocycles. The van der Waals surface area contributed by atoms with Crippen LogP contribution in [0.4, 0.5) is 5.69 Å². The summed E-state index contributed by atoms with van der Waals surface area (Å²) in [5, 5.41) is 0. The summed E-state index contributed by atoms with van der Waals surface area (Å²) in [4.78, 5) is 14.0. The topological polar surface area (TPSA) is 46.3 Å². The molecule has 3 nitrogen and oxygen atoms in total. The first kappa shape index (κ1) is 12.7. The molecule has 2 heterocycles. The van der Waals surface area contributed by atoms with Crippen LogP contribution in [-0.2, 0) is 17.6 Å². The molecule has 1 aromatic rings. The Kier molecular flexibility index (Phi) is 3.31. The maximum Gasteiger partial charge on any atom is 0.227 e. The van der Waals surface area contributed by atoms with Gasteiger partial charge in [0.25, 0.3) is 0 Å². The first-order chi connectivity index (χ1) is 9.20. The maximum atomic E-state index is 12.0. The zero-order valence-corrected chi connectivity index (χ0v) is 11.6. The highest BCUT2D eigenvalue weighted by Gasteiger charge is 2.29. The van der Waals surface area contributed by atoms with Gasteiger partial charge in [0.15, 0.2) is 0 Å². The average Bonchev–Trinajstić information content (AvgIpc) is 2.43. The lowest BCUT2D eigenvalue weighted by molar-refractivity contribution is -0.119. The Morgan fingerprint density at radius 3 is 2.74 bits per heavy atom. The van der Waals surface area contributed by atoms with Crippen LogP contribution in [0.3, 0.4) is 0 Å². The molecule has 1 amide bonds. The SMILES string of the molecule is CC(CCN)c1cc2c3c(c1)CCC(=O)N3CCC2. The maximum absolute atomic E-state index is 12.0. The summed E-state index contributed by atoms with van der Waals surface area (Å²) in [7, 11) is 0. The summed E-state index contributed by atoms with van der Waals surface area (Å²) in [6.07, 6.45) is 4.80. The van der Waals surface area contributed by atoms with Crippen LogP contribution in [0.2, 0.25) is 0 Å². The third-order valence-corrected chi connectivity index (χ3v) is 4.47. The molecular weight excluding hydrogens is 236 g/mol. The zero-order valence-electron chi connectivity index (χ0n) is 11.6. The summed E-state index contributed by atoms with van der Waals surface area (Å²) in [6.45, 7) is 3.88. The van der Waals surface area contributed by atoms with E-state index in [1.807, 2.05) is 4.90 Å². The lowest BCUT2D eigenvalue weighted by Crippen LogP contribution is -2.39. The number of hydrogen-bond donors (Lipinski definition) is 1. The van der Waals surface area contributed by atoms with E-state index in [2.05, 4.69) is 19.1 Å². The molecule has 0 saturated carbocycles. The van der Waals surface area contributed by atoms with Crippen molar-refractivity contribution in [2.75, 3.05) is 18.0 Å². The van der Waals surface area contributed by atoms with Crippen LogP contribution in [0.25, 0.3) is 0 Å².